The largest absolute Gasteiger partial charge is 0.494 e. The molecule has 0 aliphatic heterocycles. The average Bonchev–Trinajstić information content (AvgIpc) is 2.67. The quantitative estimate of drug-likeness (QED) is 0.814. The molecule has 0 radical (unpaired) electrons. The lowest BCUT2D eigenvalue weighted by Crippen LogP contribution is -2.11. The molecule has 2 rings (SSSR count). The highest BCUT2D eigenvalue weighted by Gasteiger charge is 2.13. The van der Waals surface area contributed by atoms with Gasteiger partial charge in [0.15, 0.2) is 0 Å². The van der Waals surface area contributed by atoms with E-state index in [4.69, 9.17) is 14.9 Å². The molecule has 1 aromatic carbocycles. The minimum atomic E-state index is -0.945. The number of aliphatic hydroxyl groups is 1. The van der Waals surface area contributed by atoms with Gasteiger partial charge in [0, 0.05) is 12.6 Å². The third-order valence-electron chi connectivity index (χ3n) is 2.74. The molecule has 0 aliphatic carbocycles. The first-order valence-electron chi connectivity index (χ1n) is 6.10. The van der Waals surface area contributed by atoms with Crippen LogP contribution in [-0.4, -0.2) is 38.9 Å². The molecule has 0 fully saturated rings. The third kappa shape index (κ3) is 2.85. The van der Waals surface area contributed by atoms with Crippen molar-refractivity contribution in [3.05, 3.63) is 24.0 Å². The summed E-state index contributed by atoms with van der Waals surface area (Å²) >= 11 is 0. The second-order valence-electron chi connectivity index (χ2n) is 4.06. The summed E-state index contributed by atoms with van der Waals surface area (Å²) in [6.45, 7) is 2.72. The van der Waals surface area contributed by atoms with Crippen molar-refractivity contribution in [3.63, 3.8) is 0 Å². The molecule has 0 saturated heterocycles. The summed E-state index contributed by atoms with van der Waals surface area (Å²) in [6.07, 6.45) is -0.168. The number of rotatable bonds is 6. The normalized spacial score (nSPS) is 10.8. The van der Waals surface area contributed by atoms with Crippen molar-refractivity contribution in [1.29, 1.82) is 0 Å². The molecular weight excluding hydrogens is 248 g/mol. The zero-order valence-electron chi connectivity index (χ0n) is 10.7. The fourth-order valence-electron chi connectivity index (χ4n) is 2.04. The van der Waals surface area contributed by atoms with E-state index in [1.807, 2.05) is 19.1 Å². The van der Waals surface area contributed by atoms with Gasteiger partial charge in [-0.3, -0.25) is 4.79 Å². The van der Waals surface area contributed by atoms with Crippen molar-refractivity contribution in [1.82, 2.24) is 9.55 Å². The molecule has 0 amide bonds. The first-order valence-corrected chi connectivity index (χ1v) is 6.10. The lowest BCUT2D eigenvalue weighted by atomic mass is 10.3. The molecule has 0 saturated carbocycles. The number of ether oxygens (including phenoxy) is 1. The molecular formula is C13H16N2O4. The van der Waals surface area contributed by atoms with Crippen LogP contribution in [0.3, 0.4) is 0 Å². The van der Waals surface area contributed by atoms with Crippen molar-refractivity contribution in [3.8, 4) is 5.75 Å². The smallest absolute Gasteiger partial charge is 0.311 e. The highest BCUT2D eigenvalue weighted by molar-refractivity contribution is 5.79. The summed E-state index contributed by atoms with van der Waals surface area (Å²) in [5.74, 6) is 0.190. The Morgan fingerprint density at radius 1 is 1.47 bits per heavy atom. The number of aliphatic hydroxyl groups excluding tert-OH is 1. The standard InChI is InChI=1S/C13H16N2O4/c1-2-19-9-3-4-11-10(7-9)14-12(8-13(17)18)15(11)5-6-16/h3-4,7,16H,2,5-6,8H2,1H3,(H,17,18). The number of benzene rings is 1. The van der Waals surface area contributed by atoms with Crippen molar-refractivity contribution in [2.45, 2.75) is 19.9 Å². The van der Waals surface area contributed by atoms with E-state index >= 15 is 0 Å². The van der Waals surface area contributed by atoms with Crippen LogP contribution in [0.5, 0.6) is 5.75 Å². The Morgan fingerprint density at radius 3 is 2.89 bits per heavy atom. The number of carboxylic acid groups (broad SMARTS) is 1. The van der Waals surface area contributed by atoms with Crippen LogP contribution >= 0.6 is 0 Å². The van der Waals surface area contributed by atoms with Gasteiger partial charge in [-0.1, -0.05) is 0 Å². The molecule has 0 bridgehead atoms. The van der Waals surface area contributed by atoms with Gasteiger partial charge in [0.05, 0.1) is 24.2 Å². The summed E-state index contributed by atoms with van der Waals surface area (Å²) in [6, 6.07) is 5.42. The highest BCUT2D eigenvalue weighted by Crippen LogP contribution is 2.22. The zero-order valence-corrected chi connectivity index (χ0v) is 10.7. The summed E-state index contributed by atoms with van der Waals surface area (Å²) in [4.78, 5) is 15.1. The Morgan fingerprint density at radius 2 is 2.26 bits per heavy atom. The number of imidazole rings is 1. The minimum absolute atomic E-state index is 0.0642. The Hall–Kier alpha value is -2.08. The van der Waals surface area contributed by atoms with Crippen LogP contribution in [0.1, 0.15) is 12.7 Å². The molecule has 0 atom stereocenters. The van der Waals surface area contributed by atoms with Gasteiger partial charge in [0.1, 0.15) is 18.0 Å². The van der Waals surface area contributed by atoms with Crippen LogP contribution in [-0.2, 0) is 17.8 Å². The van der Waals surface area contributed by atoms with Gasteiger partial charge in [0.2, 0.25) is 0 Å². The molecule has 6 nitrogen and oxygen atoms in total. The van der Waals surface area contributed by atoms with Gasteiger partial charge in [-0.25, -0.2) is 4.98 Å². The van der Waals surface area contributed by atoms with E-state index in [2.05, 4.69) is 4.98 Å². The van der Waals surface area contributed by atoms with Crippen molar-refractivity contribution >= 4 is 17.0 Å². The van der Waals surface area contributed by atoms with Crippen LogP contribution in [0, 0.1) is 0 Å². The second-order valence-corrected chi connectivity index (χ2v) is 4.06. The molecule has 2 aromatic rings. The number of fused-ring (bicyclic) bond motifs is 1. The Labute approximate surface area is 110 Å². The molecule has 6 heteroatoms. The third-order valence-corrected chi connectivity index (χ3v) is 2.74. The molecule has 1 heterocycles. The lowest BCUT2D eigenvalue weighted by molar-refractivity contribution is -0.136. The fraction of sp³-hybridized carbons (Fsp3) is 0.385. The van der Waals surface area contributed by atoms with Gasteiger partial charge < -0.3 is 19.5 Å². The highest BCUT2D eigenvalue weighted by atomic mass is 16.5. The Balaban J connectivity index is 2.48. The second kappa shape index (κ2) is 5.71. The molecule has 0 unspecified atom stereocenters. The summed E-state index contributed by atoms with van der Waals surface area (Å²) in [5.41, 5.74) is 1.48. The number of aliphatic carboxylic acids is 1. The number of nitrogens with zero attached hydrogens (tertiary/aromatic N) is 2. The van der Waals surface area contributed by atoms with Crippen molar-refractivity contribution in [2.75, 3.05) is 13.2 Å². The fourth-order valence-corrected chi connectivity index (χ4v) is 2.04. The van der Waals surface area contributed by atoms with Crippen molar-refractivity contribution in [2.24, 2.45) is 0 Å². The first kappa shape index (κ1) is 13.4. The summed E-state index contributed by atoms with van der Waals surface area (Å²) in [5, 5.41) is 18.0. The van der Waals surface area contributed by atoms with E-state index in [9.17, 15) is 4.79 Å². The van der Waals surface area contributed by atoms with E-state index < -0.39 is 5.97 Å². The van der Waals surface area contributed by atoms with Gasteiger partial charge in [-0.15, -0.1) is 0 Å². The van der Waals surface area contributed by atoms with E-state index in [0.29, 0.717) is 30.2 Å². The number of hydrogen-bond donors (Lipinski definition) is 2. The van der Waals surface area contributed by atoms with Gasteiger partial charge in [0.25, 0.3) is 0 Å². The first-order chi connectivity index (χ1) is 9.15. The SMILES string of the molecule is CCOc1ccc2c(c1)nc(CC(=O)O)n2CCO. The van der Waals surface area contributed by atoms with Crippen molar-refractivity contribution < 1.29 is 19.7 Å². The lowest BCUT2D eigenvalue weighted by Gasteiger charge is -2.06. The van der Waals surface area contributed by atoms with Gasteiger partial charge in [-0.2, -0.15) is 0 Å². The van der Waals surface area contributed by atoms with Crippen LogP contribution in [0.25, 0.3) is 11.0 Å². The van der Waals surface area contributed by atoms with Crippen LogP contribution in [0.4, 0.5) is 0 Å². The zero-order chi connectivity index (χ0) is 13.8. The molecule has 1 aromatic heterocycles. The number of aromatic nitrogens is 2. The van der Waals surface area contributed by atoms with E-state index in [1.165, 1.54) is 0 Å². The van der Waals surface area contributed by atoms with E-state index in [0.717, 1.165) is 5.52 Å². The maximum absolute atomic E-state index is 10.8. The number of carbonyl (C=O) groups is 1. The van der Waals surface area contributed by atoms with E-state index in [1.54, 1.807) is 10.6 Å². The number of hydrogen-bond acceptors (Lipinski definition) is 4. The van der Waals surface area contributed by atoms with E-state index in [-0.39, 0.29) is 13.0 Å². The van der Waals surface area contributed by atoms with Crippen LogP contribution in [0.2, 0.25) is 0 Å². The predicted molar refractivity (Wildman–Crippen MR) is 69.3 cm³/mol. The molecule has 2 N–H and O–H groups in total. The maximum atomic E-state index is 10.8. The van der Waals surface area contributed by atoms with Gasteiger partial charge >= 0.3 is 5.97 Å². The Bertz CT molecular complexity index is 592. The molecule has 19 heavy (non-hydrogen) atoms. The maximum Gasteiger partial charge on any atom is 0.311 e. The van der Waals surface area contributed by atoms with Gasteiger partial charge in [-0.05, 0) is 19.1 Å². The van der Waals surface area contributed by atoms with Crippen LogP contribution < -0.4 is 4.74 Å². The molecule has 0 aliphatic rings. The average molecular weight is 264 g/mol. The summed E-state index contributed by atoms with van der Waals surface area (Å²) in [7, 11) is 0. The monoisotopic (exact) mass is 264 g/mol. The predicted octanol–water partition coefficient (Wildman–Crippen LogP) is 1.05. The molecule has 102 valence electrons. The Kier molecular flexibility index (Phi) is 4.01. The molecule has 0 spiro atoms. The number of carboxylic acids is 1. The topological polar surface area (TPSA) is 84.6 Å². The summed E-state index contributed by atoms with van der Waals surface area (Å²) < 4.78 is 7.11. The van der Waals surface area contributed by atoms with Crippen LogP contribution in [0.15, 0.2) is 18.2 Å². The minimum Gasteiger partial charge on any atom is -0.494 e.